The normalized spacial score (nSPS) is 11.1. The summed E-state index contributed by atoms with van der Waals surface area (Å²) in [6, 6.07) is 11.3. The maximum absolute atomic E-state index is 12.6. The maximum atomic E-state index is 12.6. The summed E-state index contributed by atoms with van der Waals surface area (Å²) >= 11 is 0. The van der Waals surface area contributed by atoms with Crippen LogP contribution in [0.25, 0.3) is 21.9 Å². The van der Waals surface area contributed by atoms with E-state index in [9.17, 15) is 9.59 Å². The summed E-state index contributed by atoms with van der Waals surface area (Å²) in [5.41, 5.74) is 4.42. The molecule has 1 amide bonds. The maximum Gasteiger partial charge on any atom is 0.339 e. The first-order chi connectivity index (χ1) is 16.9. The molecule has 2 aromatic carbocycles. The molecule has 2 heterocycles. The van der Waals surface area contributed by atoms with E-state index in [2.05, 4.69) is 16.9 Å². The molecule has 0 aliphatic carbocycles. The van der Waals surface area contributed by atoms with Crippen molar-refractivity contribution in [3.63, 3.8) is 0 Å². The molecule has 35 heavy (non-hydrogen) atoms. The van der Waals surface area contributed by atoms with Gasteiger partial charge in [0, 0.05) is 53.1 Å². The van der Waals surface area contributed by atoms with Crippen molar-refractivity contribution < 1.29 is 18.7 Å². The number of nitrogens with one attached hydrogen (secondary N) is 2. The number of carbonyl (C=O) groups excluding carboxylic acids is 1. The lowest BCUT2D eigenvalue weighted by Crippen LogP contribution is -2.26. The Morgan fingerprint density at radius 2 is 1.89 bits per heavy atom. The van der Waals surface area contributed by atoms with E-state index < -0.39 is 5.63 Å². The molecule has 0 spiro atoms. The van der Waals surface area contributed by atoms with E-state index in [0.29, 0.717) is 42.9 Å². The van der Waals surface area contributed by atoms with Gasteiger partial charge in [-0.3, -0.25) is 4.79 Å². The molecule has 2 aromatic heterocycles. The number of fused-ring (bicyclic) bond motifs is 2. The fraction of sp³-hybridized carbons (Fsp3) is 0.286. The number of methoxy groups -OCH3 is 1. The summed E-state index contributed by atoms with van der Waals surface area (Å²) in [6.07, 6.45) is 3.18. The molecule has 0 aliphatic rings. The van der Waals surface area contributed by atoms with Crippen LogP contribution in [0.3, 0.4) is 0 Å². The molecule has 4 rings (SSSR count). The molecule has 0 bridgehead atoms. The highest BCUT2D eigenvalue weighted by atomic mass is 16.5. The van der Waals surface area contributed by atoms with Gasteiger partial charge in [0.15, 0.2) is 0 Å². The van der Waals surface area contributed by atoms with Gasteiger partial charge in [-0.05, 0) is 67.7 Å². The smallest absolute Gasteiger partial charge is 0.339 e. The van der Waals surface area contributed by atoms with Crippen LogP contribution in [0.4, 0.5) is 0 Å². The van der Waals surface area contributed by atoms with Crippen LogP contribution in [0.1, 0.15) is 30.0 Å². The molecular weight excluding hydrogens is 444 g/mol. The van der Waals surface area contributed by atoms with Crippen LogP contribution in [0.2, 0.25) is 0 Å². The molecule has 0 saturated carbocycles. The van der Waals surface area contributed by atoms with E-state index >= 15 is 0 Å². The number of hydrogen-bond acceptors (Lipinski definition) is 5. The molecular formula is C28H30N2O5. The molecule has 0 unspecified atom stereocenters. The van der Waals surface area contributed by atoms with Gasteiger partial charge in [0.1, 0.15) is 23.7 Å². The monoisotopic (exact) mass is 474 g/mol. The minimum Gasteiger partial charge on any atom is -0.497 e. The van der Waals surface area contributed by atoms with Crippen molar-refractivity contribution in [2.24, 2.45) is 0 Å². The third kappa shape index (κ3) is 5.57. The zero-order valence-electron chi connectivity index (χ0n) is 20.3. The Bertz CT molecular complexity index is 1450. The largest absolute Gasteiger partial charge is 0.497 e. The van der Waals surface area contributed by atoms with E-state index in [1.807, 2.05) is 50.4 Å². The van der Waals surface area contributed by atoms with E-state index in [1.54, 1.807) is 13.2 Å². The average Bonchev–Trinajstić information content (AvgIpc) is 3.24. The van der Waals surface area contributed by atoms with Gasteiger partial charge in [0.05, 0.1) is 7.11 Å². The lowest BCUT2D eigenvalue weighted by molar-refractivity contribution is -0.121. The summed E-state index contributed by atoms with van der Waals surface area (Å²) in [7, 11) is 1.64. The molecule has 7 nitrogen and oxygen atoms in total. The van der Waals surface area contributed by atoms with Crippen molar-refractivity contribution in [1.82, 2.24) is 10.3 Å². The highest BCUT2D eigenvalue weighted by molar-refractivity contribution is 5.85. The third-order valence-corrected chi connectivity index (χ3v) is 6.04. The fourth-order valence-electron chi connectivity index (χ4n) is 4.12. The van der Waals surface area contributed by atoms with Gasteiger partial charge in [-0.25, -0.2) is 4.79 Å². The molecule has 182 valence electrons. The molecule has 0 saturated heterocycles. The van der Waals surface area contributed by atoms with E-state index in [4.69, 9.17) is 13.9 Å². The number of aromatic nitrogens is 1. The minimum absolute atomic E-state index is 0.103. The van der Waals surface area contributed by atoms with Crippen LogP contribution >= 0.6 is 0 Å². The Labute approximate surface area is 203 Å². The van der Waals surface area contributed by atoms with E-state index in [0.717, 1.165) is 38.7 Å². The minimum atomic E-state index is -0.422. The summed E-state index contributed by atoms with van der Waals surface area (Å²) in [4.78, 5) is 28.3. The number of carbonyl (C=O) groups is 1. The van der Waals surface area contributed by atoms with E-state index in [-0.39, 0.29) is 12.3 Å². The van der Waals surface area contributed by atoms with Gasteiger partial charge < -0.3 is 24.2 Å². The number of rotatable bonds is 10. The Balaban J connectivity index is 1.35. The number of ether oxygens (including phenoxy) is 2. The first-order valence-electron chi connectivity index (χ1n) is 11.6. The number of H-pyrrole nitrogens is 1. The molecule has 2 N–H and O–H groups in total. The van der Waals surface area contributed by atoms with Gasteiger partial charge in [-0.2, -0.15) is 0 Å². The summed E-state index contributed by atoms with van der Waals surface area (Å²) in [6.45, 7) is 8.49. The van der Waals surface area contributed by atoms with Gasteiger partial charge >= 0.3 is 5.63 Å². The molecule has 0 atom stereocenters. The van der Waals surface area contributed by atoms with Gasteiger partial charge in [0.25, 0.3) is 0 Å². The standard InChI is InChI=1S/C28H30N2O5/c1-17(2)16-34-21-6-7-22-18(3)23(28(32)35-26(22)14-21)9-10-27(31)29-12-11-19-15-30-25-13-20(33-4)5-8-24(19)25/h5-8,13-15,30H,1,9-12,16H2,2-4H3,(H,29,31). The average molecular weight is 475 g/mol. The van der Waals surface area contributed by atoms with Gasteiger partial charge in [0.2, 0.25) is 5.91 Å². The molecule has 4 aromatic rings. The second-order valence-corrected chi connectivity index (χ2v) is 8.72. The second kappa shape index (κ2) is 10.5. The number of aryl methyl sites for hydroxylation is 1. The van der Waals surface area contributed by atoms with Crippen LogP contribution in [0.5, 0.6) is 11.5 Å². The number of hydrogen-bond donors (Lipinski definition) is 2. The predicted molar refractivity (Wildman–Crippen MR) is 137 cm³/mol. The van der Waals surface area contributed by atoms with Crippen LogP contribution in [-0.2, 0) is 17.6 Å². The topological polar surface area (TPSA) is 93.6 Å². The van der Waals surface area contributed by atoms with Crippen molar-refractivity contribution in [3.8, 4) is 11.5 Å². The molecule has 0 radical (unpaired) electrons. The Hall–Kier alpha value is -4.00. The van der Waals surface area contributed by atoms with Crippen LogP contribution in [0.15, 0.2) is 64.0 Å². The summed E-state index contributed by atoms with van der Waals surface area (Å²) in [5.74, 6) is 1.31. The lowest BCUT2D eigenvalue weighted by Gasteiger charge is -2.10. The number of benzene rings is 2. The van der Waals surface area contributed by atoms with Crippen molar-refractivity contribution >= 4 is 27.8 Å². The summed E-state index contributed by atoms with van der Waals surface area (Å²) < 4.78 is 16.4. The number of aromatic amines is 1. The highest BCUT2D eigenvalue weighted by Gasteiger charge is 2.14. The Morgan fingerprint density at radius 3 is 2.66 bits per heavy atom. The van der Waals surface area contributed by atoms with Gasteiger partial charge in [-0.1, -0.05) is 6.58 Å². The van der Waals surface area contributed by atoms with Crippen LogP contribution < -0.4 is 20.4 Å². The van der Waals surface area contributed by atoms with Crippen molar-refractivity contribution in [2.45, 2.75) is 33.1 Å². The first-order valence-corrected chi connectivity index (χ1v) is 11.6. The first kappa shape index (κ1) is 24.1. The molecule has 7 heteroatoms. The van der Waals surface area contributed by atoms with Crippen molar-refractivity contribution in [1.29, 1.82) is 0 Å². The molecule has 0 fully saturated rings. The lowest BCUT2D eigenvalue weighted by atomic mass is 10.0. The van der Waals surface area contributed by atoms with Crippen molar-refractivity contribution in [3.05, 3.63) is 81.9 Å². The fourth-order valence-corrected chi connectivity index (χ4v) is 4.12. The highest BCUT2D eigenvalue weighted by Crippen LogP contribution is 2.25. The second-order valence-electron chi connectivity index (χ2n) is 8.72. The third-order valence-electron chi connectivity index (χ3n) is 6.04. The quantitative estimate of drug-likeness (QED) is 0.253. The van der Waals surface area contributed by atoms with Gasteiger partial charge in [-0.15, -0.1) is 0 Å². The zero-order valence-corrected chi connectivity index (χ0v) is 20.3. The zero-order chi connectivity index (χ0) is 24.9. The Kier molecular flexibility index (Phi) is 7.25. The van der Waals surface area contributed by atoms with Crippen molar-refractivity contribution in [2.75, 3.05) is 20.3 Å². The predicted octanol–water partition coefficient (Wildman–Crippen LogP) is 4.84. The van der Waals surface area contributed by atoms with E-state index in [1.165, 1.54) is 0 Å². The molecule has 0 aliphatic heterocycles. The number of amides is 1. The summed E-state index contributed by atoms with van der Waals surface area (Å²) in [5, 5.41) is 4.89. The SMILES string of the molecule is C=C(C)COc1ccc2c(C)c(CCC(=O)NCCc3c[nH]c4cc(OC)ccc34)c(=O)oc2c1. The Morgan fingerprint density at radius 1 is 1.11 bits per heavy atom. The van der Waals surface area contributed by atoms with Crippen LogP contribution in [-0.4, -0.2) is 31.2 Å². The van der Waals surface area contributed by atoms with Crippen LogP contribution in [0, 0.1) is 6.92 Å².